The molecule has 0 atom stereocenters. The van der Waals surface area contributed by atoms with Gasteiger partial charge in [-0.15, -0.1) is 0 Å². The molecular formula is C19H13N5S. The van der Waals surface area contributed by atoms with Crippen molar-refractivity contribution in [2.24, 2.45) is 0 Å². The molecule has 0 aliphatic carbocycles. The lowest BCUT2D eigenvalue weighted by Crippen LogP contribution is -2.03. The number of nitriles is 2. The smallest absolute Gasteiger partial charge is 0.143 e. The number of pyridine rings is 1. The van der Waals surface area contributed by atoms with E-state index < -0.39 is 0 Å². The van der Waals surface area contributed by atoms with Crippen molar-refractivity contribution in [3.05, 3.63) is 65.7 Å². The van der Waals surface area contributed by atoms with Crippen LogP contribution < -0.4 is 11.5 Å². The highest BCUT2D eigenvalue weighted by molar-refractivity contribution is 7.99. The molecule has 1 aromatic heterocycles. The summed E-state index contributed by atoms with van der Waals surface area (Å²) in [6.45, 7) is 0. The molecule has 0 fully saturated rings. The van der Waals surface area contributed by atoms with Crippen LogP contribution in [0.15, 0.2) is 64.5 Å². The van der Waals surface area contributed by atoms with E-state index in [-0.39, 0.29) is 11.4 Å². The average molecular weight is 343 g/mol. The van der Waals surface area contributed by atoms with Gasteiger partial charge in [0, 0.05) is 16.1 Å². The van der Waals surface area contributed by atoms with Crippen molar-refractivity contribution in [2.45, 2.75) is 9.92 Å². The fourth-order valence-corrected chi connectivity index (χ4v) is 3.30. The molecule has 3 rings (SSSR count). The zero-order valence-corrected chi connectivity index (χ0v) is 13.9. The molecule has 0 aliphatic heterocycles. The molecule has 6 heteroatoms. The molecule has 2 aromatic carbocycles. The predicted octanol–water partition coefficient (Wildman–Crippen LogP) is 3.81. The van der Waals surface area contributed by atoms with Crippen molar-refractivity contribution in [1.29, 1.82) is 10.5 Å². The van der Waals surface area contributed by atoms with Crippen LogP contribution in [0.4, 0.5) is 11.5 Å². The molecule has 0 saturated carbocycles. The summed E-state index contributed by atoms with van der Waals surface area (Å²) in [4.78, 5) is 5.16. The third-order valence-electron chi connectivity index (χ3n) is 3.57. The van der Waals surface area contributed by atoms with E-state index in [9.17, 15) is 10.5 Å². The number of nitrogens with two attached hydrogens (primary N) is 2. The first-order valence-corrected chi connectivity index (χ1v) is 8.18. The quantitative estimate of drug-likeness (QED) is 0.699. The van der Waals surface area contributed by atoms with E-state index in [4.69, 9.17) is 11.5 Å². The summed E-state index contributed by atoms with van der Waals surface area (Å²) in [6.07, 6.45) is 0. The summed E-state index contributed by atoms with van der Waals surface area (Å²) in [6, 6.07) is 20.8. The topological polar surface area (TPSA) is 113 Å². The first-order valence-electron chi connectivity index (χ1n) is 7.36. The first kappa shape index (κ1) is 16.4. The monoisotopic (exact) mass is 343 g/mol. The second-order valence-electron chi connectivity index (χ2n) is 5.19. The Hall–Kier alpha value is -3.48. The molecule has 5 nitrogen and oxygen atoms in total. The molecular weight excluding hydrogens is 330 g/mol. The van der Waals surface area contributed by atoms with Gasteiger partial charge in [-0.05, 0) is 29.8 Å². The van der Waals surface area contributed by atoms with Crippen LogP contribution in [0.5, 0.6) is 0 Å². The largest absolute Gasteiger partial charge is 0.399 e. The molecule has 120 valence electrons. The van der Waals surface area contributed by atoms with Gasteiger partial charge in [0.25, 0.3) is 0 Å². The Morgan fingerprint density at radius 3 is 2.08 bits per heavy atom. The van der Waals surface area contributed by atoms with Gasteiger partial charge < -0.3 is 11.5 Å². The number of hydrogen-bond donors (Lipinski definition) is 2. The van der Waals surface area contributed by atoms with Gasteiger partial charge in [-0.25, -0.2) is 4.98 Å². The van der Waals surface area contributed by atoms with Crippen LogP contribution in [0, 0.1) is 22.7 Å². The van der Waals surface area contributed by atoms with Gasteiger partial charge in [0.05, 0.1) is 5.56 Å². The van der Waals surface area contributed by atoms with Crippen LogP contribution >= 0.6 is 11.8 Å². The van der Waals surface area contributed by atoms with Gasteiger partial charge in [-0.1, -0.05) is 42.1 Å². The molecule has 25 heavy (non-hydrogen) atoms. The van der Waals surface area contributed by atoms with Gasteiger partial charge in [0.2, 0.25) is 0 Å². The maximum Gasteiger partial charge on any atom is 0.143 e. The number of rotatable bonds is 3. The van der Waals surface area contributed by atoms with Crippen molar-refractivity contribution >= 4 is 23.3 Å². The standard InChI is InChI=1S/C19H13N5S/c20-10-15-17(12-4-2-1-3-5-12)16(11-21)19(24-18(15)23)25-14-8-6-13(22)7-9-14/h1-9H,22H2,(H2,23,24). The van der Waals surface area contributed by atoms with E-state index in [1.807, 2.05) is 42.5 Å². The van der Waals surface area contributed by atoms with Crippen LogP contribution in [0.2, 0.25) is 0 Å². The Morgan fingerprint density at radius 1 is 0.840 bits per heavy atom. The SMILES string of the molecule is N#Cc1c(N)nc(Sc2ccc(N)cc2)c(C#N)c1-c1ccccc1. The average Bonchev–Trinajstić information content (AvgIpc) is 2.64. The first-order chi connectivity index (χ1) is 12.1. The molecule has 1 heterocycles. The summed E-state index contributed by atoms with van der Waals surface area (Å²) >= 11 is 1.31. The molecule has 3 aromatic rings. The van der Waals surface area contributed by atoms with Crippen LogP contribution in [0.1, 0.15) is 11.1 Å². The summed E-state index contributed by atoms with van der Waals surface area (Å²) < 4.78 is 0. The summed E-state index contributed by atoms with van der Waals surface area (Å²) in [5.74, 6) is 0.110. The van der Waals surface area contributed by atoms with Crippen LogP contribution in [-0.2, 0) is 0 Å². The molecule has 0 radical (unpaired) electrons. The van der Waals surface area contributed by atoms with Gasteiger partial charge >= 0.3 is 0 Å². The number of benzene rings is 2. The maximum atomic E-state index is 9.72. The molecule has 0 saturated heterocycles. The Morgan fingerprint density at radius 2 is 1.48 bits per heavy atom. The predicted molar refractivity (Wildman–Crippen MR) is 98.5 cm³/mol. The number of hydrogen-bond acceptors (Lipinski definition) is 6. The van der Waals surface area contributed by atoms with Gasteiger partial charge in [0.1, 0.15) is 28.5 Å². The molecule has 0 unspecified atom stereocenters. The fourth-order valence-electron chi connectivity index (χ4n) is 2.41. The summed E-state index contributed by atoms with van der Waals surface area (Å²) in [5.41, 5.74) is 14.2. The Balaban J connectivity index is 2.21. The lowest BCUT2D eigenvalue weighted by atomic mass is 9.97. The van der Waals surface area contributed by atoms with E-state index in [1.165, 1.54) is 11.8 Å². The zero-order valence-electron chi connectivity index (χ0n) is 13.1. The fraction of sp³-hybridized carbons (Fsp3) is 0. The number of nitrogens with zero attached hydrogens (tertiary/aromatic N) is 3. The van der Waals surface area contributed by atoms with Gasteiger partial charge in [0.15, 0.2) is 0 Å². The third-order valence-corrected chi connectivity index (χ3v) is 4.57. The minimum absolute atomic E-state index is 0.110. The van der Waals surface area contributed by atoms with Crippen molar-refractivity contribution in [3.8, 4) is 23.3 Å². The summed E-state index contributed by atoms with van der Waals surface area (Å²) in [7, 11) is 0. The lowest BCUT2D eigenvalue weighted by molar-refractivity contribution is 1.11. The van der Waals surface area contributed by atoms with Crippen molar-refractivity contribution in [1.82, 2.24) is 4.98 Å². The van der Waals surface area contributed by atoms with E-state index >= 15 is 0 Å². The van der Waals surface area contributed by atoms with Gasteiger partial charge in [-0.3, -0.25) is 0 Å². The van der Waals surface area contributed by atoms with Crippen molar-refractivity contribution < 1.29 is 0 Å². The minimum Gasteiger partial charge on any atom is -0.399 e. The highest BCUT2D eigenvalue weighted by atomic mass is 32.2. The van der Waals surface area contributed by atoms with Crippen molar-refractivity contribution in [3.63, 3.8) is 0 Å². The highest BCUT2D eigenvalue weighted by Gasteiger charge is 2.20. The summed E-state index contributed by atoms with van der Waals surface area (Å²) in [5, 5.41) is 19.7. The van der Waals surface area contributed by atoms with E-state index in [1.54, 1.807) is 12.1 Å². The Labute approximate surface area is 149 Å². The van der Waals surface area contributed by atoms with Crippen molar-refractivity contribution in [2.75, 3.05) is 11.5 Å². The second-order valence-corrected chi connectivity index (χ2v) is 6.25. The third kappa shape index (κ3) is 3.25. The second kappa shape index (κ2) is 6.96. The number of anilines is 2. The zero-order chi connectivity index (χ0) is 17.8. The molecule has 0 aliphatic rings. The molecule has 0 bridgehead atoms. The van der Waals surface area contributed by atoms with E-state index in [2.05, 4.69) is 17.1 Å². The van der Waals surface area contributed by atoms with Crippen LogP contribution in [0.3, 0.4) is 0 Å². The number of aromatic nitrogens is 1. The van der Waals surface area contributed by atoms with E-state index in [0.29, 0.717) is 21.8 Å². The number of nitrogen functional groups attached to an aromatic ring is 2. The molecule has 4 N–H and O–H groups in total. The molecule has 0 amide bonds. The molecule has 0 spiro atoms. The van der Waals surface area contributed by atoms with Crippen LogP contribution in [0.25, 0.3) is 11.1 Å². The Bertz CT molecular complexity index is 999. The minimum atomic E-state index is 0.110. The van der Waals surface area contributed by atoms with Gasteiger partial charge in [-0.2, -0.15) is 10.5 Å². The lowest BCUT2D eigenvalue weighted by Gasteiger charge is -2.13. The maximum absolute atomic E-state index is 9.72. The highest BCUT2D eigenvalue weighted by Crippen LogP contribution is 2.38. The Kier molecular flexibility index (Phi) is 4.56. The van der Waals surface area contributed by atoms with E-state index in [0.717, 1.165) is 10.5 Å². The van der Waals surface area contributed by atoms with Crippen LogP contribution in [-0.4, -0.2) is 4.98 Å². The normalized spacial score (nSPS) is 10.0.